The van der Waals surface area contributed by atoms with Gasteiger partial charge in [-0.25, -0.2) is 8.70 Å². The fraction of sp³-hybridized carbons (Fsp3) is 0.632. The molecular weight excluding hydrogens is 337 g/mol. The lowest BCUT2D eigenvalue weighted by Crippen LogP contribution is -2.35. The van der Waals surface area contributed by atoms with Crippen molar-refractivity contribution in [3.63, 3.8) is 0 Å². The molecule has 3 fully saturated rings. The number of likely N-dealkylation sites (tertiary alicyclic amines) is 1. The Morgan fingerprint density at radius 2 is 1.88 bits per heavy atom. The first kappa shape index (κ1) is 17.3. The highest BCUT2D eigenvalue weighted by molar-refractivity contribution is 7.95. The molecule has 0 atom stereocenters. The molecule has 1 aromatic rings. The number of nitrogens with one attached hydrogen (secondary N) is 1. The SMILES string of the molecule is O=C(NSN1CCC1)c1cc(C2CC2)c(CN2CCCCC2)cc1F. The molecule has 4 nitrogen and oxygen atoms in total. The van der Waals surface area contributed by atoms with E-state index in [0.29, 0.717) is 5.92 Å². The molecule has 1 N–H and O–H groups in total. The number of benzene rings is 1. The topological polar surface area (TPSA) is 35.6 Å². The number of rotatable bonds is 6. The zero-order chi connectivity index (χ0) is 17.2. The first-order chi connectivity index (χ1) is 12.2. The summed E-state index contributed by atoms with van der Waals surface area (Å²) in [6, 6.07) is 3.43. The van der Waals surface area contributed by atoms with Crippen molar-refractivity contribution in [2.24, 2.45) is 0 Å². The molecule has 1 aromatic carbocycles. The van der Waals surface area contributed by atoms with Crippen molar-refractivity contribution in [3.05, 3.63) is 34.6 Å². The van der Waals surface area contributed by atoms with E-state index >= 15 is 0 Å². The van der Waals surface area contributed by atoms with Crippen molar-refractivity contribution in [1.82, 2.24) is 13.9 Å². The van der Waals surface area contributed by atoms with Gasteiger partial charge < -0.3 is 0 Å². The third-order valence-electron chi connectivity index (χ3n) is 5.42. The summed E-state index contributed by atoms with van der Waals surface area (Å²) >= 11 is 1.30. The van der Waals surface area contributed by atoms with Gasteiger partial charge in [0.1, 0.15) is 5.82 Å². The molecule has 3 aliphatic rings. The number of hydrogen-bond acceptors (Lipinski definition) is 4. The summed E-state index contributed by atoms with van der Waals surface area (Å²) < 4.78 is 19.5. The minimum Gasteiger partial charge on any atom is -0.299 e. The molecule has 136 valence electrons. The quantitative estimate of drug-likeness (QED) is 0.782. The van der Waals surface area contributed by atoms with Gasteiger partial charge in [0.15, 0.2) is 0 Å². The summed E-state index contributed by atoms with van der Waals surface area (Å²) in [4.78, 5) is 14.8. The Morgan fingerprint density at radius 3 is 2.52 bits per heavy atom. The van der Waals surface area contributed by atoms with Gasteiger partial charge in [0.25, 0.3) is 5.91 Å². The van der Waals surface area contributed by atoms with Crippen molar-refractivity contribution >= 4 is 18.0 Å². The lowest BCUT2D eigenvalue weighted by Gasteiger charge is -2.28. The molecule has 2 aliphatic heterocycles. The second kappa shape index (κ2) is 7.64. The van der Waals surface area contributed by atoms with Crippen LogP contribution in [-0.2, 0) is 6.54 Å². The zero-order valence-corrected chi connectivity index (χ0v) is 15.4. The van der Waals surface area contributed by atoms with Crippen LogP contribution in [0.4, 0.5) is 4.39 Å². The number of carbonyl (C=O) groups is 1. The van der Waals surface area contributed by atoms with Gasteiger partial charge in [-0.1, -0.05) is 6.42 Å². The molecule has 0 aromatic heterocycles. The van der Waals surface area contributed by atoms with Crippen LogP contribution in [0, 0.1) is 5.82 Å². The third-order valence-corrected chi connectivity index (χ3v) is 6.32. The number of halogens is 1. The number of nitrogens with zero attached hydrogens (tertiary/aromatic N) is 2. The standard InChI is InChI=1S/C19H26FN3OS/c20-18-11-15(13-22-7-2-1-3-8-22)16(14-5-6-14)12-17(18)19(24)21-25-23-9-4-10-23/h11-12,14H,1-10,13H2,(H,21,24). The minimum absolute atomic E-state index is 0.192. The molecule has 1 aliphatic carbocycles. The van der Waals surface area contributed by atoms with Crippen LogP contribution in [0.5, 0.6) is 0 Å². The predicted octanol–water partition coefficient (Wildman–Crippen LogP) is 3.69. The molecule has 2 heterocycles. The number of carbonyl (C=O) groups excluding carboxylic acids is 1. The molecular formula is C19H26FN3OS. The summed E-state index contributed by atoms with van der Waals surface area (Å²) in [5.41, 5.74) is 2.46. The highest BCUT2D eigenvalue weighted by Crippen LogP contribution is 2.43. The Kier molecular flexibility index (Phi) is 5.29. The maximum atomic E-state index is 14.6. The van der Waals surface area contributed by atoms with Crippen LogP contribution >= 0.6 is 12.1 Å². The lowest BCUT2D eigenvalue weighted by atomic mass is 9.98. The van der Waals surface area contributed by atoms with Crippen molar-refractivity contribution < 1.29 is 9.18 Å². The van der Waals surface area contributed by atoms with E-state index in [-0.39, 0.29) is 11.5 Å². The smallest absolute Gasteiger partial charge is 0.265 e. The van der Waals surface area contributed by atoms with E-state index in [2.05, 4.69) is 13.9 Å². The summed E-state index contributed by atoms with van der Waals surface area (Å²) in [6.07, 6.45) is 7.23. The van der Waals surface area contributed by atoms with Gasteiger partial charge in [-0.3, -0.25) is 14.4 Å². The Bertz CT molecular complexity index is 640. The van der Waals surface area contributed by atoms with Gasteiger partial charge in [0.05, 0.1) is 5.56 Å². The maximum Gasteiger partial charge on any atom is 0.265 e. The van der Waals surface area contributed by atoms with Crippen LogP contribution in [0.25, 0.3) is 0 Å². The molecule has 1 amide bonds. The van der Waals surface area contributed by atoms with E-state index in [4.69, 9.17) is 0 Å². The monoisotopic (exact) mass is 363 g/mol. The largest absolute Gasteiger partial charge is 0.299 e. The maximum absolute atomic E-state index is 14.6. The van der Waals surface area contributed by atoms with E-state index in [1.165, 1.54) is 37.0 Å². The summed E-state index contributed by atoms with van der Waals surface area (Å²) in [6.45, 7) is 4.97. The molecule has 25 heavy (non-hydrogen) atoms. The highest BCUT2D eigenvalue weighted by atomic mass is 32.2. The molecule has 0 radical (unpaired) electrons. The molecule has 0 bridgehead atoms. The number of piperidine rings is 1. The second-order valence-electron chi connectivity index (χ2n) is 7.45. The van der Waals surface area contributed by atoms with Gasteiger partial charge in [0.2, 0.25) is 0 Å². The highest BCUT2D eigenvalue weighted by Gasteiger charge is 2.29. The normalized spacial score (nSPS) is 21.8. The van der Waals surface area contributed by atoms with Crippen LogP contribution in [0.1, 0.15) is 65.9 Å². The predicted molar refractivity (Wildman–Crippen MR) is 98.8 cm³/mol. The van der Waals surface area contributed by atoms with Gasteiger partial charge in [-0.15, -0.1) is 0 Å². The van der Waals surface area contributed by atoms with Crippen LogP contribution in [0.15, 0.2) is 12.1 Å². The molecule has 6 heteroatoms. The van der Waals surface area contributed by atoms with E-state index in [1.807, 2.05) is 6.07 Å². The van der Waals surface area contributed by atoms with E-state index < -0.39 is 5.82 Å². The average Bonchev–Trinajstić information content (AvgIpc) is 3.39. The molecule has 0 unspecified atom stereocenters. The molecule has 4 rings (SSSR count). The van der Waals surface area contributed by atoms with Crippen LogP contribution < -0.4 is 4.72 Å². The average molecular weight is 364 g/mol. The van der Waals surface area contributed by atoms with Crippen LogP contribution in [-0.4, -0.2) is 41.3 Å². The van der Waals surface area contributed by atoms with E-state index in [1.54, 1.807) is 6.07 Å². The summed E-state index contributed by atoms with van der Waals surface area (Å²) in [5, 5.41) is 0. The van der Waals surface area contributed by atoms with E-state index in [0.717, 1.165) is 57.5 Å². The van der Waals surface area contributed by atoms with Gasteiger partial charge >= 0.3 is 0 Å². The second-order valence-corrected chi connectivity index (χ2v) is 8.35. The van der Waals surface area contributed by atoms with Gasteiger partial charge in [-0.05, 0) is 74.4 Å². The molecule has 1 saturated carbocycles. The molecule has 2 saturated heterocycles. The fourth-order valence-corrected chi connectivity index (χ4v) is 4.38. The zero-order valence-electron chi connectivity index (χ0n) is 14.6. The Balaban J connectivity index is 1.50. The van der Waals surface area contributed by atoms with Crippen molar-refractivity contribution in [2.75, 3.05) is 26.2 Å². The van der Waals surface area contributed by atoms with Gasteiger partial charge in [-0.2, -0.15) is 0 Å². The van der Waals surface area contributed by atoms with E-state index in [9.17, 15) is 9.18 Å². The van der Waals surface area contributed by atoms with Crippen molar-refractivity contribution in [1.29, 1.82) is 0 Å². The van der Waals surface area contributed by atoms with Crippen molar-refractivity contribution in [2.45, 2.75) is 51.0 Å². The first-order valence-corrected chi connectivity index (χ1v) is 10.2. The lowest BCUT2D eigenvalue weighted by molar-refractivity contribution is 0.0978. The Hall–Kier alpha value is -1.11. The number of amides is 1. The Morgan fingerprint density at radius 1 is 1.12 bits per heavy atom. The Labute approximate surface area is 153 Å². The van der Waals surface area contributed by atoms with Gasteiger partial charge in [0, 0.05) is 31.8 Å². The minimum atomic E-state index is -0.391. The first-order valence-electron chi connectivity index (χ1n) is 9.47. The molecule has 0 spiro atoms. The summed E-state index contributed by atoms with van der Waals surface area (Å²) in [5.74, 6) is -0.200. The van der Waals surface area contributed by atoms with Crippen molar-refractivity contribution in [3.8, 4) is 0 Å². The van der Waals surface area contributed by atoms with Crippen LogP contribution in [0.2, 0.25) is 0 Å². The fourth-order valence-electron chi connectivity index (χ4n) is 3.61. The number of hydrogen-bond donors (Lipinski definition) is 1. The summed E-state index contributed by atoms with van der Waals surface area (Å²) in [7, 11) is 0. The third kappa shape index (κ3) is 4.18. The van der Waals surface area contributed by atoms with Crippen LogP contribution in [0.3, 0.4) is 0 Å².